The van der Waals surface area contributed by atoms with Gasteiger partial charge >= 0.3 is 0 Å². The van der Waals surface area contributed by atoms with E-state index in [1.807, 2.05) is 13.8 Å². The van der Waals surface area contributed by atoms with E-state index in [4.69, 9.17) is 0 Å². The van der Waals surface area contributed by atoms with Gasteiger partial charge in [0, 0.05) is 11.1 Å². The molecule has 0 saturated carbocycles. The Hall–Kier alpha value is -1.81. The van der Waals surface area contributed by atoms with E-state index < -0.39 is 0 Å². The molecule has 18 heavy (non-hydrogen) atoms. The van der Waals surface area contributed by atoms with Crippen LogP contribution in [0.3, 0.4) is 0 Å². The highest BCUT2D eigenvalue weighted by Gasteiger charge is 2.14. The van der Waals surface area contributed by atoms with Crippen LogP contribution >= 0.6 is 0 Å². The van der Waals surface area contributed by atoms with Crippen LogP contribution in [0.15, 0.2) is 30.6 Å². The number of aromatic nitrogens is 2. The fourth-order valence-corrected chi connectivity index (χ4v) is 1.94. The first-order valence-electron chi connectivity index (χ1n) is 5.84. The number of hydrogen-bond acceptors (Lipinski definition) is 3. The zero-order valence-corrected chi connectivity index (χ0v) is 10.4. The van der Waals surface area contributed by atoms with Gasteiger partial charge < -0.3 is 5.11 Å². The summed E-state index contributed by atoms with van der Waals surface area (Å²) in [6, 6.07) is 6.07. The minimum atomic E-state index is -0.289. The molecule has 1 heterocycles. The van der Waals surface area contributed by atoms with Crippen LogP contribution in [-0.2, 0) is 6.61 Å². The van der Waals surface area contributed by atoms with E-state index in [1.54, 1.807) is 12.1 Å². The second-order valence-electron chi connectivity index (χ2n) is 4.41. The minimum Gasteiger partial charge on any atom is -0.392 e. The summed E-state index contributed by atoms with van der Waals surface area (Å²) in [4.78, 5) is 8.41. The predicted molar refractivity (Wildman–Crippen MR) is 67.4 cm³/mol. The fourth-order valence-electron chi connectivity index (χ4n) is 1.94. The third-order valence-corrected chi connectivity index (χ3v) is 2.80. The molecule has 0 atom stereocenters. The van der Waals surface area contributed by atoms with Crippen LogP contribution in [0.1, 0.15) is 31.0 Å². The molecule has 0 fully saturated rings. The number of aliphatic hydroxyl groups is 1. The predicted octanol–water partition coefficient (Wildman–Crippen LogP) is 2.90. The van der Waals surface area contributed by atoms with E-state index in [9.17, 15) is 9.50 Å². The Morgan fingerprint density at radius 2 is 1.83 bits per heavy atom. The van der Waals surface area contributed by atoms with Crippen LogP contribution in [0.25, 0.3) is 11.3 Å². The first kappa shape index (κ1) is 12.6. The van der Waals surface area contributed by atoms with Crippen LogP contribution in [0.4, 0.5) is 4.39 Å². The van der Waals surface area contributed by atoms with Gasteiger partial charge in [0.15, 0.2) is 0 Å². The van der Waals surface area contributed by atoms with E-state index in [0.717, 1.165) is 11.3 Å². The van der Waals surface area contributed by atoms with E-state index in [2.05, 4.69) is 9.97 Å². The van der Waals surface area contributed by atoms with Crippen LogP contribution < -0.4 is 0 Å². The molecule has 0 aliphatic heterocycles. The van der Waals surface area contributed by atoms with Crippen molar-refractivity contribution < 1.29 is 9.50 Å². The second kappa shape index (κ2) is 5.23. The van der Waals surface area contributed by atoms with E-state index in [1.165, 1.54) is 18.5 Å². The highest BCUT2D eigenvalue weighted by Crippen LogP contribution is 2.26. The second-order valence-corrected chi connectivity index (χ2v) is 4.41. The summed E-state index contributed by atoms with van der Waals surface area (Å²) in [6.45, 7) is 3.90. The number of aliphatic hydroxyl groups excluding tert-OH is 1. The van der Waals surface area contributed by atoms with Crippen molar-refractivity contribution in [2.45, 2.75) is 26.4 Å². The Balaban J connectivity index is 2.57. The number of benzene rings is 1. The first-order valence-corrected chi connectivity index (χ1v) is 5.84. The van der Waals surface area contributed by atoms with Gasteiger partial charge in [0.2, 0.25) is 0 Å². The van der Waals surface area contributed by atoms with Crippen LogP contribution in [0.5, 0.6) is 0 Å². The van der Waals surface area contributed by atoms with Crippen molar-refractivity contribution in [1.29, 1.82) is 0 Å². The molecule has 1 N–H and O–H groups in total. The number of rotatable bonds is 3. The van der Waals surface area contributed by atoms with Gasteiger partial charge in [-0.15, -0.1) is 0 Å². The maximum atomic E-state index is 12.9. The maximum absolute atomic E-state index is 12.9. The molecule has 1 aromatic heterocycles. The average Bonchev–Trinajstić information content (AvgIpc) is 2.38. The van der Waals surface area contributed by atoms with Gasteiger partial charge in [-0.3, -0.25) is 0 Å². The summed E-state index contributed by atoms with van der Waals surface area (Å²) < 4.78 is 12.9. The van der Waals surface area contributed by atoms with Gasteiger partial charge in [0.05, 0.1) is 18.0 Å². The zero-order valence-electron chi connectivity index (χ0n) is 10.4. The molecule has 3 nitrogen and oxygen atoms in total. The fraction of sp³-hybridized carbons (Fsp3) is 0.286. The van der Waals surface area contributed by atoms with Gasteiger partial charge in [0.25, 0.3) is 0 Å². The molecule has 94 valence electrons. The lowest BCUT2D eigenvalue weighted by atomic mass is 9.99. The molecule has 2 rings (SSSR count). The topological polar surface area (TPSA) is 46.0 Å². The Kier molecular flexibility index (Phi) is 3.67. The van der Waals surface area contributed by atoms with Gasteiger partial charge in [-0.25, -0.2) is 14.4 Å². The summed E-state index contributed by atoms with van der Waals surface area (Å²) in [5.74, 6) is -0.0863. The minimum absolute atomic E-state index is 0.124. The lowest BCUT2D eigenvalue weighted by molar-refractivity contribution is 0.279. The molecule has 0 aliphatic rings. The third-order valence-electron chi connectivity index (χ3n) is 2.80. The highest BCUT2D eigenvalue weighted by atomic mass is 19.1. The normalized spacial score (nSPS) is 10.9. The molecule has 0 unspecified atom stereocenters. The molecule has 0 bridgehead atoms. The zero-order chi connectivity index (χ0) is 13.1. The molecule has 0 saturated heterocycles. The Morgan fingerprint density at radius 3 is 2.39 bits per heavy atom. The number of nitrogens with zero attached hydrogens (tertiary/aromatic N) is 2. The van der Waals surface area contributed by atoms with Crippen molar-refractivity contribution in [2.75, 3.05) is 0 Å². The molecule has 0 aliphatic carbocycles. The molecule has 2 aromatic rings. The molecule has 1 aromatic carbocycles. The number of halogens is 1. The van der Waals surface area contributed by atoms with E-state index >= 15 is 0 Å². The van der Waals surface area contributed by atoms with Gasteiger partial charge in [-0.2, -0.15) is 0 Å². The Labute approximate surface area is 105 Å². The monoisotopic (exact) mass is 246 g/mol. The summed E-state index contributed by atoms with van der Waals surface area (Å²) in [7, 11) is 0. The van der Waals surface area contributed by atoms with Gasteiger partial charge in [-0.1, -0.05) is 13.8 Å². The first-order chi connectivity index (χ1) is 8.63. The molecular formula is C14H15FN2O. The summed E-state index contributed by atoms with van der Waals surface area (Å²) in [5, 5.41) is 9.51. The lowest BCUT2D eigenvalue weighted by Crippen LogP contribution is -2.04. The largest absolute Gasteiger partial charge is 0.392 e. The smallest absolute Gasteiger partial charge is 0.123 e. The maximum Gasteiger partial charge on any atom is 0.123 e. The molecule has 0 amide bonds. The Bertz CT molecular complexity index is 538. The van der Waals surface area contributed by atoms with Crippen molar-refractivity contribution in [3.63, 3.8) is 0 Å². The molecule has 4 heteroatoms. The lowest BCUT2D eigenvalue weighted by Gasteiger charge is -2.13. The SMILES string of the molecule is CC(C)c1ncnc(-c2ccc(F)cc2)c1CO. The Morgan fingerprint density at radius 1 is 1.17 bits per heavy atom. The van der Waals surface area contributed by atoms with Crippen molar-refractivity contribution in [3.8, 4) is 11.3 Å². The van der Waals surface area contributed by atoms with Crippen molar-refractivity contribution in [2.24, 2.45) is 0 Å². The van der Waals surface area contributed by atoms with Crippen molar-refractivity contribution >= 4 is 0 Å². The third kappa shape index (κ3) is 2.38. The van der Waals surface area contributed by atoms with Gasteiger partial charge in [-0.05, 0) is 30.2 Å². The summed E-state index contributed by atoms with van der Waals surface area (Å²) in [5.41, 5.74) is 2.98. The molecular weight excluding hydrogens is 231 g/mol. The summed E-state index contributed by atoms with van der Waals surface area (Å²) in [6.07, 6.45) is 1.48. The highest BCUT2D eigenvalue weighted by molar-refractivity contribution is 5.63. The van der Waals surface area contributed by atoms with E-state index in [0.29, 0.717) is 11.3 Å². The van der Waals surface area contributed by atoms with Crippen molar-refractivity contribution in [1.82, 2.24) is 9.97 Å². The standard InChI is InChI=1S/C14H15FN2O/c1-9(2)13-12(7-18)14(17-8-16-13)10-3-5-11(15)6-4-10/h3-6,8-9,18H,7H2,1-2H3. The number of hydrogen-bond donors (Lipinski definition) is 1. The van der Waals surface area contributed by atoms with E-state index in [-0.39, 0.29) is 18.3 Å². The van der Waals surface area contributed by atoms with Gasteiger partial charge in [0.1, 0.15) is 12.1 Å². The molecule has 0 spiro atoms. The van der Waals surface area contributed by atoms with Crippen LogP contribution in [-0.4, -0.2) is 15.1 Å². The van der Waals surface area contributed by atoms with Crippen LogP contribution in [0.2, 0.25) is 0 Å². The molecule has 0 radical (unpaired) electrons. The summed E-state index contributed by atoms with van der Waals surface area (Å²) >= 11 is 0. The quantitative estimate of drug-likeness (QED) is 0.905. The van der Waals surface area contributed by atoms with Crippen molar-refractivity contribution in [3.05, 3.63) is 47.7 Å². The van der Waals surface area contributed by atoms with Crippen LogP contribution in [0, 0.1) is 5.82 Å². The average molecular weight is 246 g/mol.